The van der Waals surface area contributed by atoms with Crippen LogP contribution in [0, 0.1) is 6.92 Å². The Kier molecular flexibility index (Phi) is 7.26. The summed E-state index contributed by atoms with van der Waals surface area (Å²) in [5, 5.41) is 4.21. The third kappa shape index (κ3) is 5.70. The zero-order valence-electron chi connectivity index (χ0n) is 18.6. The first-order valence-electron chi connectivity index (χ1n) is 10.9. The van der Waals surface area contributed by atoms with E-state index in [1.807, 2.05) is 55.5 Å². The van der Waals surface area contributed by atoms with Gasteiger partial charge in [0.1, 0.15) is 11.4 Å². The summed E-state index contributed by atoms with van der Waals surface area (Å²) in [7, 11) is 0. The number of anilines is 2. The molecule has 0 atom stereocenters. The molecule has 6 nitrogen and oxygen atoms in total. The van der Waals surface area contributed by atoms with E-state index in [0.29, 0.717) is 53.5 Å². The molecule has 172 valence electrons. The minimum Gasteiger partial charge on any atom is -0.437 e. The molecule has 1 aliphatic heterocycles. The van der Waals surface area contributed by atoms with E-state index in [2.05, 4.69) is 22.1 Å². The van der Waals surface area contributed by atoms with Crippen molar-refractivity contribution in [3.8, 4) is 11.6 Å². The summed E-state index contributed by atoms with van der Waals surface area (Å²) in [6.45, 7) is 6.53. The second-order valence-electron chi connectivity index (χ2n) is 7.89. The number of pyridine rings is 1. The van der Waals surface area contributed by atoms with Crippen LogP contribution in [0.3, 0.4) is 0 Å². The highest BCUT2D eigenvalue weighted by Crippen LogP contribution is 2.31. The lowest BCUT2D eigenvalue weighted by atomic mass is 10.1. The molecule has 0 saturated carbocycles. The second-order valence-corrected chi connectivity index (χ2v) is 8.76. The van der Waals surface area contributed by atoms with Crippen molar-refractivity contribution in [2.24, 2.45) is 0 Å². The molecule has 0 aliphatic carbocycles. The highest BCUT2D eigenvalue weighted by atomic mass is 35.5. The van der Waals surface area contributed by atoms with Crippen molar-refractivity contribution < 1.29 is 9.53 Å². The SMILES string of the molecule is CCc1cc(NC(=O)N2CCN(c3cc(Cl)cc(Cl)c3)CC2)c(Oc2ccccc2)nc1C. The number of carbonyl (C=O) groups is 1. The van der Waals surface area contributed by atoms with Crippen molar-refractivity contribution in [2.75, 3.05) is 36.4 Å². The van der Waals surface area contributed by atoms with Crippen LogP contribution in [0.4, 0.5) is 16.2 Å². The lowest BCUT2D eigenvalue weighted by Crippen LogP contribution is -2.50. The molecule has 1 aliphatic rings. The summed E-state index contributed by atoms with van der Waals surface area (Å²) in [4.78, 5) is 21.7. The predicted octanol–water partition coefficient (Wildman–Crippen LogP) is 6.41. The number of nitrogens with one attached hydrogen (secondary N) is 1. The zero-order valence-corrected chi connectivity index (χ0v) is 20.2. The van der Waals surface area contributed by atoms with Crippen LogP contribution >= 0.6 is 23.2 Å². The molecule has 2 aromatic carbocycles. The third-order valence-corrected chi connectivity index (χ3v) is 6.08. The molecule has 0 radical (unpaired) electrons. The molecule has 1 saturated heterocycles. The van der Waals surface area contributed by atoms with Gasteiger partial charge in [0, 0.05) is 47.6 Å². The number of hydrogen-bond acceptors (Lipinski definition) is 4. The van der Waals surface area contributed by atoms with Gasteiger partial charge in [0.25, 0.3) is 0 Å². The fraction of sp³-hybridized carbons (Fsp3) is 0.280. The molecular formula is C25H26Cl2N4O2. The molecule has 0 bridgehead atoms. The van der Waals surface area contributed by atoms with E-state index in [9.17, 15) is 4.79 Å². The van der Waals surface area contributed by atoms with Gasteiger partial charge in [-0.05, 0) is 55.3 Å². The predicted molar refractivity (Wildman–Crippen MR) is 134 cm³/mol. The molecule has 0 spiro atoms. The first kappa shape index (κ1) is 23.2. The van der Waals surface area contributed by atoms with Crippen LogP contribution in [0.15, 0.2) is 54.6 Å². The maximum atomic E-state index is 13.1. The zero-order chi connectivity index (χ0) is 23.4. The molecule has 4 rings (SSSR count). The number of aromatic nitrogens is 1. The Morgan fingerprint density at radius 2 is 1.70 bits per heavy atom. The Morgan fingerprint density at radius 3 is 2.33 bits per heavy atom. The standard InChI is InChI=1S/C25H26Cl2N4O2/c1-3-18-13-23(24(28-17(18)2)33-22-7-5-4-6-8-22)29-25(32)31-11-9-30(10-12-31)21-15-19(26)14-20(27)16-21/h4-8,13-16H,3,9-12H2,1-2H3,(H,29,32). The van der Waals surface area contributed by atoms with Crippen molar-refractivity contribution >= 4 is 40.6 Å². The van der Waals surface area contributed by atoms with Crippen molar-refractivity contribution in [3.63, 3.8) is 0 Å². The first-order valence-corrected chi connectivity index (χ1v) is 11.7. The lowest BCUT2D eigenvalue weighted by molar-refractivity contribution is 0.208. The fourth-order valence-corrected chi connectivity index (χ4v) is 4.35. The first-order chi connectivity index (χ1) is 15.9. The molecule has 3 aromatic rings. The molecular weight excluding hydrogens is 459 g/mol. The van der Waals surface area contributed by atoms with E-state index >= 15 is 0 Å². The number of benzene rings is 2. The van der Waals surface area contributed by atoms with E-state index in [0.717, 1.165) is 23.4 Å². The number of ether oxygens (including phenoxy) is 1. The summed E-state index contributed by atoms with van der Waals surface area (Å²) in [5.41, 5.74) is 3.47. The van der Waals surface area contributed by atoms with Gasteiger partial charge in [-0.3, -0.25) is 0 Å². The molecule has 0 unspecified atom stereocenters. The molecule has 2 heterocycles. The number of nitrogens with zero attached hydrogens (tertiary/aromatic N) is 3. The largest absolute Gasteiger partial charge is 0.437 e. The van der Waals surface area contributed by atoms with Crippen LogP contribution < -0.4 is 15.0 Å². The van der Waals surface area contributed by atoms with Crippen molar-refractivity contribution in [2.45, 2.75) is 20.3 Å². The minimum atomic E-state index is -0.176. The Hall–Kier alpha value is -2.96. The Labute approximate surface area is 204 Å². The summed E-state index contributed by atoms with van der Waals surface area (Å²) in [5.74, 6) is 1.05. The summed E-state index contributed by atoms with van der Waals surface area (Å²) in [6, 6.07) is 16.7. The van der Waals surface area contributed by atoms with Crippen LogP contribution in [-0.2, 0) is 6.42 Å². The van der Waals surface area contributed by atoms with Crippen molar-refractivity contribution in [3.05, 3.63) is 75.9 Å². The molecule has 2 amide bonds. The average Bonchev–Trinajstić information content (AvgIpc) is 2.81. The van der Waals surface area contributed by atoms with Gasteiger partial charge in [-0.15, -0.1) is 0 Å². The quantitative estimate of drug-likeness (QED) is 0.454. The molecule has 33 heavy (non-hydrogen) atoms. The van der Waals surface area contributed by atoms with E-state index in [-0.39, 0.29) is 6.03 Å². The highest BCUT2D eigenvalue weighted by Gasteiger charge is 2.23. The number of para-hydroxylation sites is 1. The van der Waals surface area contributed by atoms with Crippen LogP contribution in [0.25, 0.3) is 0 Å². The number of urea groups is 1. The van der Waals surface area contributed by atoms with Gasteiger partial charge in [0.2, 0.25) is 5.88 Å². The van der Waals surface area contributed by atoms with Gasteiger partial charge in [0.15, 0.2) is 0 Å². The van der Waals surface area contributed by atoms with Crippen molar-refractivity contribution in [1.82, 2.24) is 9.88 Å². The van der Waals surface area contributed by atoms with E-state index in [4.69, 9.17) is 27.9 Å². The Morgan fingerprint density at radius 1 is 1.03 bits per heavy atom. The maximum Gasteiger partial charge on any atom is 0.322 e. The van der Waals surface area contributed by atoms with Gasteiger partial charge in [-0.25, -0.2) is 9.78 Å². The Balaban J connectivity index is 1.46. The number of amides is 2. The highest BCUT2D eigenvalue weighted by molar-refractivity contribution is 6.35. The third-order valence-electron chi connectivity index (χ3n) is 5.64. The molecule has 1 fully saturated rings. The topological polar surface area (TPSA) is 57.7 Å². The van der Waals surface area contributed by atoms with Gasteiger partial charge < -0.3 is 19.9 Å². The van der Waals surface area contributed by atoms with Gasteiger partial charge in [-0.1, -0.05) is 48.3 Å². The summed E-state index contributed by atoms with van der Waals surface area (Å²) in [6.07, 6.45) is 0.814. The lowest BCUT2D eigenvalue weighted by Gasteiger charge is -2.36. The van der Waals surface area contributed by atoms with Crippen LogP contribution in [-0.4, -0.2) is 42.1 Å². The molecule has 1 aromatic heterocycles. The number of hydrogen-bond donors (Lipinski definition) is 1. The molecule has 1 N–H and O–H groups in total. The average molecular weight is 485 g/mol. The normalized spacial score (nSPS) is 13.7. The number of carbonyl (C=O) groups excluding carboxylic acids is 1. The number of rotatable bonds is 5. The second kappa shape index (κ2) is 10.3. The van der Waals surface area contributed by atoms with E-state index in [1.165, 1.54) is 0 Å². The van der Waals surface area contributed by atoms with Crippen molar-refractivity contribution in [1.29, 1.82) is 0 Å². The monoisotopic (exact) mass is 484 g/mol. The smallest absolute Gasteiger partial charge is 0.322 e. The van der Waals surface area contributed by atoms with Gasteiger partial charge >= 0.3 is 6.03 Å². The Bertz CT molecular complexity index is 1110. The van der Waals surface area contributed by atoms with E-state index in [1.54, 1.807) is 11.0 Å². The van der Waals surface area contributed by atoms with Gasteiger partial charge in [0.05, 0.1) is 0 Å². The minimum absolute atomic E-state index is 0.176. The van der Waals surface area contributed by atoms with Crippen LogP contribution in [0.1, 0.15) is 18.2 Å². The van der Waals surface area contributed by atoms with E-state index < -0.39 is 0 Å². The van der Waals surface area contributed by atoms with Crippen LogP contribution in [0.2, 0.25) is 10.0 Å². The molecule has 8 heteroatoms. The summed E-state index contributed by atoms with van der Waals surface area (Å²) < 4.78 is 6.00. The number of halogens is 2. The van der Waals surface area contributed by atoms with Crippen LogP contribution in [0.5, 0.6) is 11.6 Å². The maximum absolute atomic E-state index is 13.1. The number of piperazine rings is 1. The van der Waals surface area contributed by atoms with Gasteiger partial charge in [-0.2, -0.15) is 0 Å². The summed E-state index contributed by atoms with van der Waals surface area (Å²) >= 11 is 12.3. The number of aryl methyl sites for hydroxylation is 2. The fourth-order valence-electron chi connectivity index (χ4n) is 3.83.